The largest absolute Gasteiger partial charge is 0.451 e. The molecule has 0 spiro atoms. The van der Waals surface area contributed by atoms with E-state index in [2.05, 4.69) is 17.4 Å². The Kier molecular flexibility index (Phi) is 4.75. The lowest BCUT2D eigenvalue weighted by Gasteiger charge is -2.14. The molecule has 3 aromatic rings. The van der Waals surface area contributed by atoms with Crippen LogP contribution in [-0.4, -0.2) is 5.91 Å². The molecule has 0 radical (unpaired) electrons. The van der Waals surface area contributed by atoms with Gasteiger partial charge in [0, 0.05) is 11.1 Å². The molecule has 1 aromatic heterocycles. The van der Waals surface area contributed by atoms with Crippen molar-refractivity contribution in [3.8, 4) is 11.3 Å². The fourth-order valence-electron chi connectivity index (χ4n) is 3.24. The lowest BCUT2D eigenvalue weighted by Crippen LogP contribution is -2.26. The van der Waals surface area contributed by atoms with Crippen LogP contribution in [0.4, 0.5) is 8.78 Å². The van der Waals surface area contributed by atoms with E-state index in [0.717, 1.165) is 5.56 Å². The number of furan rings is 1. The summed E-state index contributed by atoms with van der Waals surface area (Å²) >= 11 is 0. The molecule has 28 heavy (non-hydrogen) atoms. The minimum atomic E-state index is -0.632. The van der Waals surface area contributed by atoms with Crippen LogP contribution in [0.1, 0.15) is 59.0 Å². The first kappa shape index (κ1) is 18.4. The fourth-order valence-corrected chi connectivity index (χ4v) is 3.24. The van der Waals surface area contributed by atoms with E-state index in [1.54, 1.807) is 19.1 Å². The minimum absolute atomic E-state index is 0.0358. The number of halogens is 2. The lowest BCUT2D eigenvalue weighted by atomic mass is 10.1. The molecule has 1 saturated carbocycles. The van der Waals surface area contributed by atoms with Crippen molar-refractivity contribution in [2.24, 2.45) is 0 Å². The second-order valence-corrected chi connectivity index (χ2v) is 7.37. The molecule has 1 unspecified atom stereocenters. The van der Waals surface area contributed by atoms with Crippen LogP contribution in [0.15, 0.2) is 52.9 Å². The molecule has 0 bridgehead atoms. The van der Waals surface area contributed by atoms with Crippen molar-refractivity contribution in [1.29, 1.82) is 0 Å². The maximum atomic E-state index is 13.8. The van der Waals surface area contributed by atoms with Gasteiger partial charge in [0.15, 0.2) is 5.76 Å². The van der Waals surface area contributed by atoms with E-state index in [0.29, 0.717) is 17.2 Å². The Bertz CT molecular complexity index is 1010. The maximum absolute atomic E-state index is 13.8. The Morgan fingerprint density at radius 1 is 1.11 bits per heavy atom. The van der Waals surface area contributed by atoms with Crippen molar-refractivity contribution in [1.82, 2.24) is 5.32 Å². The van der Waals surface area contributed by atoms with Crippen LogP contribution in [0.3, 0.4) is 0 Å². The van der Waals surface area contributed by atoms with Crippen molar-refractivity contribution < 1.29 is 18.0 Å². The van der Waals surface area contributed by atoms with E-state index in [1.807, 2.05) is 12.1 Å². The molecule has 4 rings (SSSR count). The highest BCUT2D eigenvalue weighted by Crippen LogP contribution is 2.41. The first-order valence-corrected chi connectivity index (χ1v) is 9.39. The van der Waals surface area contributed by atoms with Crippen molar-refractivity contribution in [3.63, 3.8) is 0 Å². The molecule has 0 saturated heterocycles. The van der Waals surface area contributed by atoms with Gasteiger partial charge in [-0.25, -0.2) is 8.78 Å². The zero-order valence-corrected chi connectivity index (χ0v) is 15.8. The van der Waals surface area contributed by atoms with Crippen LogP contribution in [0, 0.1) is 18.6 Å². The average molecular weight is 381 g/mol. The summed E-state index contributed by atoms with van der Waals surface area (Å²) in [6.45, 7) is 3.05. The Morgan fingerprint density at radius 2 is 1.82 bits per heavy atom. The molecule has 1 aliphatic carbocycles. The summed E-state index contributed by atoms with van der Waals surface area (Å²) in [6, 6.07) is 13.4. The zero-order chi connectivity index (χ0) is 19.8. The molecular formula is C23H21F2NO2. The van der Waals surface area contributed by atoms with E-state index in [4.69, 9.17) is 4.42 Å². The summed E-state index contributed by atoms with van der Waals surface area (Å²) in [7, 11) is 0. The zero-order valence-electron chi connectivity index (χ0n) is 15.8. The Morgan fingerprint density at radius 3 is 2.50 bits per heavy atom. The smallest absolute Gasteiger partial charge is 0.287 e. The van der Waals surface area contributed by atoms with E-state index < -0.39 is 23.6 Å². The Hall–Kier alpha value is -2.95. The molecule has 3 nitrogen and oxygen atoms in total. The van der Waals surface area contributed by atoms with Gasteiger partial charge in [-0.15, -0.1) is 0 Å². The number of hydrogen-bond donors (Lipinski definition) is 1. The highest BCUT2D eigenvalue weighted by Gasteiger charge is 2.24. The summed E-state index contributed by atoms with van der Waals surface area (Å²) < 4.78 is 33.3. The molecule has 144 valence electrons. The van der Waals surface area contributed by atoms with Crippen molar-refractivity contribution in [2.75, 3.05) is 0 Å². The highest BCUT2D eigenvalue weighted by atomic mass is 19.1. The number of benzene rings is 2. The SMILES string of the molecule is Cc1c(F)cc(C(C)NC(=O)c2ccc(-c3cccc(C4CC4)c3)o2)cc1F. The van der Waals surface area contributed by atoms with Gasteiger partial charge in [-0.05, 0) is 74.1 Å². The minimum Gasteiger partial charge on any atom is -0.451 e. The van der Waals surface area contributed by atoms with Crippen molar-refractivity contribution in [2.45, 2.75) is 38.6 Å². The van der Waals surface area contributed by atoms with Crippen molar-refractivity contribution in [3.05, 3.63) is 82.6 Å². The monoisotopic (exact) mass is 381 g/mol. The van der Waals surface area contributed by atoms with Crippen LogP contribution in [0.2, 0.25) is 0 Å². The van der Waals surface area contributed by atoms with Gasteiger partial charge in [0.2, 0.25) is 0 Å². The Balaban J connectivity index is 1.49. The van der Waals surface area contributed by atoms with Crippen LogP contribution in [0.25, 0.3) is 11.3 Å². The molecule has 5 heteroatoms. The fraction of sp³-hybridized carbons (Fsp3) is 0.261. The predicted molar refractivity (Wildman–Crippen MR) is 103 cm³/mol. The van der Waals surface area contributed by atoms with Crippen LogP contribution < -0.4 is 5.32 Å². The normalized spacial score (nSPS) is 14.7. The van der Waals surface area contributed by atoms with Gasteiger partial charge in [0.05, 0.1) is 6.04 Å². The number of nitrogens with one attached hydrogen (secondary N) is 1. The molecule has 1 aliphatic rings. The first-order valence-electron chi connectivity index (χ1n) is 9.39. The number of rotatable bonds is 5. The van der Waals surface area contributed by atoms with Crippen molar-refractivity contribution >= 4 is 5.91 Å². The molecule has 0 aliphatic heterocycles. The number of carbonyl (C=O) groups excluding carboxylic acids is 1. The van der Waals surface area contributed by atoms with Gasteiger partial charge in [0.1, 0.15) is 17.4 Å². The maximum Gasteiger partial charge on any atom is 0.287 e. The van der Waals surface area contributed by atoms with E-state index >= 15 is 0 Å². The summed E-state index contributed by atoms with van der Waals surface area (Å²) in [5.41, 5.74) is 2.54. The third-order valence-electron chi connectivity index (χ3n) is 5.20. The number of hydrogen-bond acceptors (Lipinski definition) is 2. The molecule has 1 heterocycles. The second kappa shape index (κ2) is 7.23. The quantitative estimate of drug-likeness (QED) is 0.598. The molecule has 1 atom stereocenters. The topological polar surface area (TPSA) is 42.2 Å². The average Bonchev–Trinajstić information content (AvgIpc) is 3.42. The molecule has 1 amide bonds. The van der Waals surface area contributed by atoms with Gasteiger partial charge < -0.3 is 9.73 Å². The summed E-state index contributed by atoms with van der Waals surface area (Å²) in [5.74, 6) is -0.286. The standard InChI is InChI=1S/C23H21F2NO2/c1-13-19(24)11-18(12-20(13)25)14(2)26-23(27)22-9-8-21(28-22)17-5-3-4-16(10-17)15-6-7-15/h3-5,8-12,14-15H,6-7H2,1-2H3,(H,26,27). The number of carbonyl (C=O) groups is 1. The van der Waals surface area contributed by atoms with Crippen LogP contribution in [-0.2, 0) is 0 Å². The van der Waals surface area contributed by atoms with E-state index in [9.17, 15) is 13.6 Å². The third-order valence-corrected chi connectivity index (χ3v) is 5.20. The van der Waals surface area contributed by atoms with Gasteiger partial charge in [-0.1, -0.05) is 18.2 Å². The molecule has 1 N–H and O–H groups in total. The Labute approximate surface area is 162 Å². The summed E-state index contributed by atoms with van der Waals surface area (Å²) in [6.07, 6.45) is 2.43. The molecule has 1 fully saturated rings. The molecular weight excluding hydrogens is 360 g/mol. The van der Waals surface area contributed by atoms with E-state index in [-0.39, 0.29) is 11.3 Å². The predicted octanol–water partition coefficient (Wildman–Crippen LogP) is 5.90. The number of amides is 1. The third kappa shape index (κ3) is 3.70. The van der Waals surface area contributed by atoms with Crippen LogP contribution in [0.5, 0.6) is 0 Å². The van der Waals surface area contributed by atoms with Gasteiger partial charge in [-0.2, -0.15) is 0 Å². The summed E-state index contributed by atoms with van der Waals surface area (Å²) in [5, 5.41) is 2.72. The van der Waals surface area contributed by atoms with Gasteiger partial charge >= 0.3 is 0 Å². The lowest BCUT2D eigenvalue weighted by molar-refractivity contribution is 0.0912. The van der Waals surface area contributed by atoms with Gasteiger partial charge in [-0.3, -0.25) is 4.79 Å². The van der Waals surface area contributed by atoms with E-state index in [1.165, 1.54) is 37.5 Å². The molecule has 2 aromatic carbocycles. The highest BCUT2D eigenvalue weighted by molar-refractivity contribution is 5.92. The summed E-state index contributed by atoms with van der Waals surface area (Å²) in [4.78, 5) is 12.5. The second-order valence-electron chi connectivity index (χ2n) is 7.37. The first-order chi connectivity index (χ1) is 13.4. The van der Waals surface area contributed by atoms with Gasteiger partial charge in [0.25, 0.3) is 5.91 Å². The van der Waals surface area contributed by atoms with Crippen LogP contribution >= 0.6 is 0 Å².